The molecule has 0 aromatic rings. The van der Waals surface area contributed by atoms with Crippen molar-refractivity contribution in [1.29, 1.82) is 0 Å². The zero-order valence-corrected chi connectivity index (χ0v) is 7.02. The lowest BCUT2D eigenvalue weighted by Gasteiger charge is -2.03. The van der Waals surface area contributed by atoms with Crippen LogP contribution in [0.5, 0.6) is 0 Å². The van der Waals surface area contributed by atoms with E-state index in [1.165, 1.54) is 0 Å². The quantitative estimate of drug-likeness (QED) is 0.544. The van der Waals surface area contributed by atoms with Crippen LogP contribution >= 0.6 is 31.5 Å². The van der Waals surface area contributed by atoms with Crippen LogP contribution in [0.1, 0.15) is 6.42 Å². The molecule has 56 valence electrons. The van der Waals surface area contributed by atoms with Gasteiger partial charge in [-0.3, -0.25) is 9.09 Å². The maximum absolute atomic E-state index is 9.92. The van der Waals surface area contributed by atoms with E-state index in [2.05, 4.69) is 4.52 Å². The summed E-state index contributed by atoms with van der Waals surface area (Å²) in [5, 5.41) is 0. The molecule has 0 radical (unpaired) electrons. The van der Waals surface area contributed by atoms with Gasteiger partial charge in [-0.05, 0) is 0 Å². The van der Waals surface area contributed by atoms with Gasteiger partial charge in [0, 0.05) is 12.3 Å². The van der Waals surface area contributed by atoms with Crippen molar-refractivity contribution < 1.29 is 14.0 Å². The van der Waals surface area contributed by atoms with E-state index in [1.807, 2.05) is 0 Å². The van der Waals surface area contributed by atoms with Crippen molar-refractivity contribution in [2.75, 3.05) is 5.88 Å². The highest BCUT2D eigenvalue weighted by molar-refractivity contribution is 7.32. The highest BCUT2D eigenvalue weighted by Crippen LogP contribution is 2.21. The van der Waals surface area contributed by atoms with Crippen LogP contribution in [0.4, 0.5) is 0 Å². The Morgan fingerprint density at radius 1 is 1.78 bits per heavy atom. The molecule has 9 heavy (non-hydrogen) atoms. The van der Waals surface area contributed by atoms with Gasteiger partial charge >= 0.3 is 8.25 Å². The molecule has 0 spiro atoms. The highest BCUT2D eigenvalue weighted by Gasteiger charge is 2.04. The fraction of sp³-hybridized carbons (Fsp3) is 1.00. The summed E-state index contributed by atoms with van der Waals surface area (Å²) >= 11 is 10.6. The molecule has 0 aromatic heterocycles. The summed E-state index contributed by atoms with van der Waals surface area (Å²) in [5.74, 6) is 0.323. The van der Waals surface area contributed by atoms with E-state index in [9.17, 15) is 4.57 Å². The number of halogens is 2. The van der Waals surface area contributed by atoms with Crippen LogP contribution in [0.25, 0.3) is 0 Å². The maximum Gasteiger partial charge on any atom is 0.318 e. The van der Waals surface area contributed by atoms with Crippen molar-refractivity contribution in [2.24, 2.45) is 0 Å². The molecule has 0 heterocycles. The maximum atomic E-state index is 9.92. The van der Waals surface area contributed by atoms with Crippen molar-refractivity contribution in [1.82, 2.24) is 0 Å². The molecule has 2 atom stereocenters. The Morgan fingerprint density at radius 2 is 2.33 bits per heavy atom. The number of rotatable bonds is 4. The van der Waals surface area contributed by atoms with Crippen molar-refractivity contribution in [3.8, 4) is 0 Å². The number of hydrogen-bond donors (Lipinski definition) is 1. The SMILES string of the molecule is O=[PH](O)OC(Cl)CCCl. The lowest BCUT2D eigenvalue weighted by atomic mass is 10.5. The fourth-order valence-electron chi connectivity index (χ4n) is 0.254. The summed E-state index contributed by atoms with van der Waals surface area (Å²) in [6.45, 7) is 0. The Morgan fingerprint density at radius 3 is 2.67 bits per heavy atom. The summed E-state index contributed by atoms with van der Waals surface area (Å²) in [6, 6.07) is 0. The van der Waals surface area contributed by atoms with Crippen LogP contribution in [0.15, 0.2) is 0 Å². The van der Waals surface area contributed by atoms with E-state index < -0.39 is 13.8 Å². The highest BCUT2D eigenvalue weighted by atomic mass is 35.5. The summed E-state index contributed by atoms with van der Waals surface area (Å²) in [4.78, 5) is 8.15. The Kier molecular flexibility index (Phi) is 5.96. The third kappa shape index (κ3) is 6.62. The van der Waals surface area contributed by atoms with Gasteiger partial charge in [0.05, 0.1) is 0 Å². The van der Waals surface area contributed by atoms with E-state index >= 15 is 0 Å². The van der Waals surface area contributed by atoms with Crippen molar-refractivity contribution in [3.63, 3.8) is 0 Å². The Balaban J connectivity index is 3.26. The van der Waals surface area contributed by atoms with Gasteiger partial charge in [-0.15, -0.1) is 11.6 Å². The lowest BCUT2D eigenvalue weighted by molar-refractivity contribution is 0.252. The average molecular weight is 193 g/mol. The molecule has 3 nitrogen and oxygen atoms in total. The molecule has 0 aliphatic rings. The Bertz CT molecular complexity index is 99.1. The largest absolute Gasteiger partial charge is 0.326 e. The molecule has 0 saturated carbocycles. The molecule has 0 rings (SSSR count). The molecule has 0 fully saturated rings. The lowest BCUT2D eigenvalue weighted by Crippen LogP contribution is -1.99. The van der Waals surface area contributed by atoms with Gasteiger partial charge in [0.15, 0.2) is 0 Å². The van der Waals surface area contributed by atoms with Gasteiger partial charge in [-0.25, -0.2) is 0 Å². The smallest absolute Gasteiger partial charge is 0.318 e. The van der Waals surface area contributed by atoms with Crippen LogP contribution in [-0.4, -0.2) is 16.3 Å². The molecule has 0 aromatic carbocycles. The topological polar surface area (TPSA) is 46.5 Å². The molecule has 2 unspecified atom stereocenters. The average Bonchev–Trinajstić information content (AvgIpc) is 1.63. The molecular weight excluding hydrogens is 186 g/mol. The molecule has 0 amide bonds. The van der Waals surface area contributed by atoms with E-state index in [-0.39, 0.29) is 0 Å². The first-order chi connectivity index (χ1) is 4.16. The third-order valence-corrected chi connectivity index (χ3v) is 1.73. The first kappa shape index (κ1) is 9.73. The van der Waals surface area contributed by atoms with Gasteiger partial charge in [0.2, 0.25) is 0 Å². The summed E-state index contributed by atoms with van der Waals surface area (Å²) in [5.41, 5.74) is -0.737. The molecule has 1 N–H and O–H groups in total. The van der Waals surface area contributed by atoms with Crippen LogP contribution in [0, 0.1) is 0 Å². The van der Waals surface area contributed by atoms with Gasteiger partial charge < -0.3 is 4.89 Å². The van der Waals surface area contributed by atoms with E-state index in [1.54, 1.807) is 0 Å². The standard InChI is InChI=1S/C3H7Cl2O3P/c4-2-1-3(5)8-9(6)7/h3,9H,1-2H2,(H,6,7). The minimum absolute atomic E-state index is 0.323. The van der Waals surface area contributed by atoms with E-state index in [0.29, 0.717) is 12.3 Å². The van der Waals surface area contributed by atoms with Gasteiger partial charge in [-0.1, -0.05) is 11.6 Å². The Labute approximate surface area is 63.9 Å². The number of alkyl halides is 2. The molecule has 0 aliphatic heterocycles. The van der Waals surface area contributed by atoms with E-state index in [4.69, 9.17) is 28.1 Å². The second-order valence-corrected chi connectivity index (χ2v) is 2.90. The van der Waals surface area contributed by atoms with Crippen molar-refractivity contribution in [2.45, 2.75) is 12.0 Å². The predicted molar refractivity (Wildman–Crippen MR) is 37.3 cm³/mol. The molecule has 6 heteroatoms. The molecule has 0 saturated heterocycles. The molecular formula is C3H7Cl2O3P. The minimum Gasteiger partial charge on any atom is -0.326 e. The monoisotopic (exact) mass is 192 g/mol. The summed E-state index contributed by atoms with van der Waals surface area (Å²) in [7, 11) is -2.90. The fourth-order valence-corrected chi connectivity index (χ4v) is 1.24. The molecule has 0 bridgehead atoms. The van der Waals surface area contributed by atoms with Crippen molar-refractivity contribution in [3.05, 3.63) is 0 Å². The summed E-state index contributed by atoms with van der Waals surface area (Å²) in [6.07, 6.45) is 0.375. The second kappa shape index (κ2) is 5.51. The summed E-state index contributed by atoms with van der Waals surface area (Å²) < 4.78 is 14.2. The molecule has 0 aliphatic carbocycles. The predicted octanol–water partition coefficient (Wildman–Crippen LogP) is 1.58. The zero-order chi connectivity index (χ0) is 7.28. The third-order valence-electron chi connectivity index (χ3n) is 0.565. The Hall–Kier alpha value is 0.730. The zero-order valence-electron chi connectivity index (χ0n) is 4.51. The van der Waals surface area contributed by atoms with Gasteiger partial charge in [0.25, 0.3) is 0 Å². The van der Waals surface area contributed by atoms with E-state index in [0.717, 1.165) is 0 Å². The van der Waals surface area contributed by atoms with Crippen LogP contribution < -0.4 is 0 Å². The first-order valence-corrected chi connectivity index (χ1v) is 4.50. The number of hydrogen-bond acceptors (Lipinski definition) is 2. The minimum atomic E-state index is -2.90. The first-order valence-electron chi connectivity index (χ1n) is 2.26. The second-order valence-electron chi connectivity index (χ2n) is 1.27. The van der Waals surface area contributed by atoms with Gasteiger partial charge in [-0.2, -0.15) is 0 Å². The van der Waals surface area contributed by atoms with Crippen LogP contribution in [-0.2, 0) is 9.09 Å². The van der Waals surface area contributed by atoms with Crippen LogP contribution in [0.3, 0.4) is 0 Å². The van der Waals surface area contributed by atoms with Crippen molar-refractivity contribution >= 4 is 31.5 Å². The van der Waals surface area contributed by atoms with Crippen LogP contribution in [0.2, 0.25) is 0 Å². The van der Waals surface area contributed by atoms with Gasteiger partial charge in [0.1, 0.15) is 5.56 Å². The normalized spacial score (nSPS) is 17.2.